The van der Waals surface area contributed by atoms with Gasteiger partial charge in [-0.2, -0.15) is 4.98 Å². The standard InChI is InChI=1S/C20H19FN6O/c21-17-5-2-15(3-6-17)12-19-25-20(28-26-19)16-4-7-18(24-13-16)23-8-1-10-27-11-9-22-14-27/h2-7,9,11,13-14H,1,8,10,12H2,(H,23,24). The van der Waals surface area contributed by atoms with E-state index in [1.54, 1.807) is 24.5 Å². The summed E-state index contributed by atoms with van der Waals surface area (Å²) in [5.74, 6) is 1.49. The summed E-state index contributed by atoms with van der Waals surface area (Å²) >= 11 is 0. The van der Waals surface area contributed by atoms with Crippen molar-refractivity contribution >= 4 is 5.82 Å². The minimum Gasteiger partial charge on any atom is -0.370 e. The highest BCUT2D eigenvalue weighted by Gasteiger charge is 2.10. The smallest absolute Gasteiger partial charge is 0.259 e. The van der Waals surface area contributed by atoms with Gasteiger partial charge in [0.2, 0.25) is 0 Å². The van der Waals surface area contributed by atoms with Crippen LogP contribution in [-0.2, 0) is 13.0 Å². The monoisotopic (exact) mass is 378 g/mol. The summed E-state index contributed by atoms with van der Waals surface area (Å²) in [7, 11) is 0. The van der Waals surface area contributed by atoms with Gasteiger partial charge in [-0.15, -0.1) is 0 Å². The molecule has 0 amide bonds. The number of hydrogen-bond donors (Lipinski definition) is 1. The number of imidazole rings is 1. The molecular weight excluding hydrogens is 359 g/mol. The molecule has 0 aliphatic heterocycles. The van der Waals surface area contributed by atoms with Crippen molar-refractivity contribution in [2.75, 3.05) is 11.9 Å². The molecule has 3 heterocycles. The van der Waals surface area contributed by atoms with Crippen LogP contribution < -0.4 is 5.32 Å². The first kappa shape index (κ1) is 17.8. The minimum absolute atomic E-state index is 0.265. The number of nitrogens with one attached hydrogen (secondary N) is 1. The van der Waals surface area contributed by atoms with Crippen LogP contribution in [0, 0.1) is 5.82 Å². The number of nitrogens with zero attached hydrogens (tertiary/aromatic N) is 5. The third-order valence-corrected chi connectivity index (χ3v) is 4.21. The Hall–Kier alpha value is -3.55. The summed E-state index contributed by atoms with van der Waals surface area (Å²) in [6.45, 7) is 1.72. The van der Waals surface area contributed by atoms with Gasteiger partial charge in [0.05, 0.1) is 11.9 Å². The Kier molecular flexibility index (Phi) is 5.37. The lowest BCUT2D eigenvalue weighted by Gasteiger charge is -2.06. The van der Waals surface area contributed by atoms with Gasteiger partial charge in [-0.25, -0.2) is 14.4 Å². The molecule has 0 saturated heterocycles. The molecule has 4 aromatic rings. The fourth-order valence-electron chi connectivity index (χ4n) is 2.75. The molecule has 0 saturated carbocycles. The first-order valence-electron chi connectivity index (χ1n) is 8.99. The molecule has 0 atom stereocenters. The van der Waals surface area contributed by atoms with Crippen molar-refractivity contribution in [3.8, 4) is 11.5 Å². The number of aromatic nitrogens is 5. The molecule has 0 fully saturated rings. The maximum Gasteiger partial charge on any atom is 0.259 e. The molecule has 0 aliphatic carbocycles. The van der Waals surface area contributed by atoms with Gasteiger partial charge in [0.25, 0.3) is 5.89 Å². The van der Waals surface area contributed by atoms with Crippen molar-refractivity contribution in [2.45, 2.75) is 19.4 Å². The van der Waals surface area contributed by atoms with E-state index in [1.165, 1.54) is 12.1 Å². The first-order valence-corrected chi connectivity index (χ1v) is 8.99. The van der Waals surface area contributed by atoms with Crippen LogP contribution in [0.1, 0.15) is 17.8 Å². The number of halogens is 1. The second kappa shape index (κ2) is 8.43. The highest BCUT2D eigenvalue weighted by molar-refractivity contribution is 5.54. The van der Waals surface area contributed by atoms with Gasteiger partial charge in [0.15, 0.2) is 5.82 Å². The average molecular weight is 378 g/mol. The number of aryl methyl sites for hydroxylation is 1. The van der Waals surface area contributed by atoms with Crippen molar-refractivity contribution in [3.05, 3.63) is 78.5 Å². The Labute approximate surface area is 161 Å². The van der Waals surface area contributed by atoms with Crippen molar-refractivity contribution in [3.63, 3.8) is 0 Å². The van der Waals surface area contributed by atoms with Crippen LogP contribution >= 0.6 is 0 Å². The van der Waals surface area contributed by atoms with Crippen LogP contribution in [0.2, 0.25) is 0 Å². The van der Waals surface area contributed by atoms with Crippen molar-refractivity contribution in [1.82, 2.24) is 24.7 Å². The van der Waals surface area contributed by atoms with Crippen LogP contribution in [0.5, 0.6) is 0 Å². The van der Waals surface area contributed by atoms with Crippen LogP contribution in [0.15, 0.2) is 65.8 Å². The summed E-state index contributed by atoms with van der Waals surface area (Å²) in [6.07, 6.45) is 8.68. The summed E-state index contributed by atoms with van der Waals surface area (Å²) in [5, 5.41) is 7.27. The Morgan fingerprint density at radius 1 is 1.11 bits per heavy atom. The topological polar surface area (TPSA) is 81.7 Å². The molecule has 0 spiro atoms. The quantitative estimate of drug-likeness (QED) is 0.472. The molecule has 1 aromatic carbocycles. The normalized spacial score (nSPS) is 10.9. The van der Waals surface area contributed by atoms with Crippen LogP contribution in [-0.4, -0.2) is 31.2 Å². The highest BCUT2D eigenvalue weighted by Crippen LogP contribution is 2.19. The summed E-state index contributed by atoms with van der Waals surface area (Å²) in [5.41, 5.74) is 1.67. The summed E-state index contributed by atoms with van der Waals surface area (Å²) in [6, 6.07) is 10.0. The number of pyridine rings is 1. The zero-order valence-electron chi connectivity index (χ0n) is 15.1. The molecule has 0 aliphatic rings. The number of rotatable bonds is 8. The van der Waals surface area contributed by atoms with Gasteiger partial charge >= 0.3 is 0 Å². The van der Waals surface area contributed by atoms with E-state index < -0.39 is 0 Å². The Bertz CT molecular complexity index is 996. The highest BCUT2D eigenvalue weighted by atomic mass is 19.1. The van der Waals surface area contributed by atoms with E-state index in [9.17, 15) is 4.39 Å². The van der Waals surface area contributed by atoms with Gasteiger partial charge in [0.1, 0.15) is 11.6 Å². The Balaban J connectivity index is 1.31. The largest absolute Gasteiger partial charge is 0.370 e. The summed E-state index contributed by atoms with van der Waals surface area (Å²) < 4.78 is 20.3. The predicted octanol–water partition coefficient (Wildman–Crippen LogP) is 3.56. The maximum atomic E-state index is 13.0. The SMILES string of the molecule is Fc1ccc(Cc2noc(-c3ccc(NCCCn4ccnc4)nc3)n2)cc1. The van der Waals surface area contributed by atoms with E-state index in [-0.39, 0.29) is 5.82 Å². The third kappa shape index (κ3) is 4.59. The molecule has 3 aromatic heterocycles. The zero-order chi connectivity index (χ0) is 19.2. The van der Waals surface area contributed by atoms with Crippen LogP contribution in [0.25, 0.3) is 11.5 Å². The lowest BCUT2D eigenvalue weighted by atomic mass is 10.1. The predicted molar refractivity (Wildman–Crippen MR) is 102 cm³/mol. The fourth-order valence-corrected chi connectivity index (χ4v) is 2.75. The molecular formula is C20H19FN6O. The van der Waals surface area contributed by atoms with Crippen molar-refractivity contribution < 1.29 is 8.91 Å². The van der Waals surface area contributed by atoms with E-state index in [2.05, 4.69) is 25.4 Å². The molecule has 0 radical (unpaired) electrons. The zero-order valence-corrected chi connectivity index (χ0v) is 15.1. The molecule has 4 rings (SSSR count). The molecule has 28 heavy (non-hydrogen) atoms. The lowest BCUT2D eigenvalue weighted by molar-refractivity contribution is 0.424. The summed E-state index contributed by atoms with van der Waals surface area (Å²) in [4.78, 5) is 12.8. The second-order valence-electron chi connectivity index (χ2n) is 6.33. The van der Waals surface area contributed by atoms with E-state index >= 15 is 0 Å². The third-order valence-electron chi connectivity index (χ3n) is 4.21. The molecule has 8 heteroatoms. The Morgan fingerprint density at radius 2 is 2.00 bits per heavy atom. The van der Waals surface area contributed by atoms with Gasteiger partial charge < -0.3 is 14.4 Å². The van der Waals surface area contributed by atoms with Crippen LogP contribution in [0.4, 0.5) is 10.2 Å². The van der Waals surface area contributed by atoms with Gasteiger partial charge in [-0.05, 0) is 36.2 Å². The van der Waals surface area contributed by atoms with E-state index in [1.807, 2.05) is 29.2 Å². The molecule has 0 unspecified atom stereocenters. The van der Waals surface area contributed by atoms with Crippen molar-refractivity contribution in [2.24, 2.45) is 0 Å². The molecule has 142 valence electrons. The first-order chi connectivity index (χ1) is 13.8. The van der Waals surface area contributed by atoms with Gasteiger partial charge in [0, 0.05) is 38.1 Å². The second-order valence-corrected chi connectivity index (χ2v) is 6.33. The molecule has 1 N–H and O–H groups in total. The van der Waals surface area contributed by atoms with E-state index in [4.69, 9.17) is 4.52 Å². The van der Waals surface area contributed by atoms with Gasteiger partial charge in [-0.3, -0.25) is 0 Å². The van der Waals surface area contributed by atoms with Crippen molar-refractivity contribution in [1.29, 1.82) is 0 Å². The minimum atomic E-state index is -0.265. The van der Waals surface area contributed by atoms with Crippen LogP contribution in [0.3, 0.4) is 0 Å². The van der Waals surface area contributed by atoms with E-state index in [0.29, 0.717) is 18.1 Å². The molecule has 7 nitrogen and oxygen atoms in total. The lowest BCUT2D eigenvalue weighted by Crippen LogP contribution is -2.06. The van der Waals surface area contributed by atoms with Gasteiger partial charge in [-0.1, -0.05) is 17.3 Å². The average Bonchev–Trinajstić information content (AvgIpc) is 3.40. The number of benzene rings is 1. The fraction of sp³-hybridized carbons (Fsp3) is 0.200. The molecule has 0 bridgehead atoms. The number of anilines is 1. The number of hydrogen-bond acceptors (Lipinski definition) is 6. The maximum absolute atomic E-state index is 13.0. The van der Waals surface area contributed by atoms with E-state index in [0.717, 1.165) is 36.5 Å². The Morgan fingerprint density at radius 3 is 2.75 bits per heavy atom.